The third kappa shape index (κ3) is 2.85. The summed E-state index contributed by atoms with van der Waals surface area (Å²) in [4.78, 5) is 24.8. The predicted molar refractivity (Wildman–Crippen MR) is 74.6 cm³/mol. The minimum Gasteiger partial charge on any atom is -0.481 e. The summed E-state index contributed by atoms with van der Waals surface area (Å²) in [6, 6.07) is 3.60. The lowest BCUT2D eigenvalue weighted by molar-refractivity contribution is -0.145. The molecule has 1 saturated heterocycles. The van der Waals surface area contributed by atoms with Crippen molar-refractivity contribution in [1.29, 1.82) is 0 Å². The van der Waals surface area contributed by atoms with E-state index < -0.39 is 23.7 Å². The molecule has 4 nitrogen and oxygen atoms in total. The van der Waals surface area contributed by atoms with Gasteiger partial charge in [0.05, 0.1) is 12.0 Å². The third-order valence-electron chi connectivity index (χ3n) is 3.69. The van der Waals surface area contributed by atoms with Crippen molar-refractivity contribution >= 4 is 27.8 Å². The number of rotatable bonds is 2. The van der Waals surface area contributed by atoms with E-state index in [0.29, 0.717) is 23.7 Å². The molecule has 0 aliphatic carbocycles. The maximum absolute atomic E-state index is 14.1. The summed E-state index contributed by atoms with van der Waals surface area (Å²) < 4.78 is 14.7. The molecular formula is C14H15BrFNO3. The van der Waals surface area contributed by atoms with Crippen molar-refractivity contribution in [3.8, 4) is 0 Å². The van der Waals surface area contributed by atoms with Crippen LogP contribution in [0.2, 0.25) is 0 Å². The lowest BCUT2D eigenvalue weighted by Crippen LogP contribution is -2.36. The minimum atomic E-state index is -1.00. The van der Waals surface area contributed by atoms with Gasteiger partial charge in [0.25, 0.3) is 0 Å². The van der Waals surface area contributed by atoms with Crippen LogP contribution in [0.25, 0.3) is 0 Å². The summed E-state index contributed by atoms with van der Waals surface area (Å²) in [5, 5.41) is 9.39. The molecule has 20 heavy (non-hydrogen) atoms. The van der Waals surface area contributed by atoms with Crippen LogP contribution in [-0.4, -0.2) is 28.9 Å². The SMILES string of the molecule is CN1C(=O)CCCC(C(=O)O)C1c1cc(Br)ccc1F. The fourth-order valence-electron chi connectivity index (χ4n) is 2.66. The van der Waals surface area contributed by atoms with Gasteiger partial charge in [0, 0.05) is 23.5 Å². The Hall–Kier alpha value is -1.43. The fraction of sp³-hybridized carbons (Fsp3) is 0.429. The van der Waals surface area contributed by atoms with Gasteiger partial charge in [-0.1, -0.05) is 15.9 Å². The largest absolute Gasteiger partial charge is 0.481 e. The molecule has 1 heterocycles. The van der Waals surface area contributed by atoms with Gasteiger partial charge in [-0.15, -0.1) is 0 Å². The average molecular weight is 344 g/mol. The molecule has 0 aromatic heterocycles. The number of nitrogens with zero attached hydrogens (tertiary/aromatic N) is 1. The molecule has 1 N–H and O–H groups in total. The van der Waals surface area contributed by atoms with Crippen molar-refractivity contribution in [2.45, 2.75) is 25.3 Å². The van der Waals surface area contributed by atoms with Gasteiger partial charge >= 0.3 is 5.97 Å². The Morgan fingerprint density at radius 3 is 2.85 bits per heavy atom. The van der Waals surface area contributed by atoms with E-state index in [1.807, 2.05) is 0 Å². The van der Waals surface area contributed by atoms with Crippen LogP contribution in [0.4, 0.5) is 4.39 Å². The lowest BCUT2D eigenvalue weighted by atomic mass is 9.89. The number of benzene rings is 1. The lowest BCUT2D eigenvalue weighted by Gasteiger charge is -2.31. The Labute approximate surface area is 124 Å². The van der Waals surface area contributed by atoms with Crippen LogP contribution >= 0.6 is 15.9 Å². The second kappa shape index (κ2) is 5.91. The molecule has 0 saturated carbocycles. The molecule has 108 valence electrons. The molecule has 6 heteroatoms. The topological polar surface area (TPSA) is 57.6 Å². The standard InChI is InChI=1S/C14H15BrFNO3/c1-17-12(18)4-2-3-9(14(19)20)13(17)10-7-8(15)5-6-11(10)16/h5-7,9,13H,2-4H2,1H3,(H,19,20). The van der Waals surface area contributed by atoms with Gasteiger partial charge in [0.15, 0.2) is 0 Å². The summed E-state index contributed by atoms with van der Waals surface area (Å²) in [6.45, 7) is 0. The highest BCUT2D eigenvalue weighted by molar-refractivity contribution is 9.10. The van der Waals surface area contributed by atoms with Crippen LogP contribution in [0.5, 0.6) is 0 Å². The molecule has 1 amide bonds. The molecule has 0 radical (unpaired) electrons. The van der Waals surface area contributed by atoms with E-state index in [9.17, 15) is 19.1 Å². The summed E-state index contributed by atoms with van der Waals surface area (Å²) in [5.74, 6) is -2.45. The average Bonchev–Trinajstić information content (AvgIpc) is 2.53. The van der Waals surface area contributed by atoms with Crippen molar-refractivity contribution in [3.63, 3.8) is 0 Å². The second-order valence-corrected chi connectivity index (χ2v) is 5.87. The molecule has 1 fully saturated rings. The number of carbonyl (C=O) groups excluding carboxylic acids is 1. The fourth-order valence-corrected chi connectivity index (χ4v) is 3.04. The van der Waals surface area contributed by atoms with Crippen molar-refractivity contribution in [2.75, 3.05) is 7.05 Å². The molecule has 1 aliphatic heterocycles. The van der Waals surface area contributed by atoms with Crippen LogP contribution in [0.3, 0.4) is 0 Å². The first-order valence-corrected chi connectivity index (χ1v) is 7.14. The molecule has 1 aromatic carbocycles. The van der Waals surface area contributed by atoms with E-state index in [-0.39, 0.29) is 11.5 Å². The maximum atomic E-state index is 14.1. The van der Waals surface area contributed by atoms with Gasteiger partial charge in [0.2, 0.25) is 5.91 Å². The van der Waals surface area contributed by atoms with E-state index in [4.69, 9.17) is 0 Å². The van der Waals surface area contributed by atoms with Gasteiger partial charge in [0.1, 0.15) is 5.82 Å². The molecule has 2 rings (SSSR count). The van der Waals surface area contributed by atoms with E-state index in [1.54, 1.807) is 12.1 Å². The van der Waals surface area contributed by atoms with E-state index in [0.717, 1.165) is 0 Å². The number of likely N-dealkylation sites (tertiary alicyclic amines) is 1. The van der Waals surface area contributed by atoms with Crippen LogP contribution in [0, 0.1) is 11.7 Å². The highest BCUT2D eigenvalue weighted by Crippen LogP contribution is 2.37. The Balaban J connectivity index is 2.52. The summed E-state index contributed by atoms with van der Waals surface area (Å²) in [6.07, 6.45) is 1.17. The number of hydrogen-bond donors (Lipinski definition) is 1. The highest BCUT2D eigenvalue weighted by Gasteiger charge is 2.38. The zero-order valence-electron chi connectivity index (χ0n) is 11.0. The van der Waals surface area contributed by atoms with Crippen molar-refractivity contribution in [1.82, 2.24) is 4.90 Å². The van der Waals surface area contributed by atoms with Crippen molar-refractivity contribution in [3.05, 3.63) is 34.1 Å². The Morgan fingerprint density at radius 1 is 1.50 bits per heavy atom. The third-order valence-corrected chi connectivity index (χ3v) is 4.18. The van der Waals surface area contributed by atoms with Gasteiger partial charge < -0.3 is 10.0 Å². The highest BCUT2D eigenvalue weighted by atomic mass is 79.9. The number of carboxylic acid groups (broad SMARTS) is 1. The Bertz CT molecular complexity index is 549. The molecule has 2 atom stereocenters. The molecule has 0 spiro atoms. The van der Waals surface area contributed by atoms with Gasteiger partial charge in [-0.05, 0) is 31.0 Å². The van der Waals surface area contributed by atoms with E-state index in [2.05, 4.69) is 15.9 Å². The monoisotopic (exact) mass is 343 g/mol. The van der Waals surface area contributed by atoms with Crippen molar-refractivity contribution < 1.29 is 19.1 Å². The number of carbonyl (C=O) groups is 2. The maximum Gasteiger partial charge on any atom is 0.308 e. The van der Waals surface area contributed by atoms with Crippen LogP contribution in [0.15, 0.2) is 22.7 Å². The van der Waals surface area contributed by atoms with Crippen LogP contribution in [0.1, 0.15) is 30.9 Å². The van der Waals surface area contributed by atoms with E-state index in [1.165, 1.54) is 18.0 Å². The van der Waals surface area contributed by atoms with Crippen LogP contribution < -0.4 is 0 Å². The first kappa shape index (κ1) is 15.0. The number of carboxylic acids is 1. The summed E-state index contributed by atoms with van der Waals surface area (Å²) >= 11 is 3.26. The normalized spacial score (nSPS) is 23.6. The molecular weight excluding hydrogens is 329 g/mol. The first-order chi connectivity index (χ1) is 9.41. The Morgan fingerprint density at radius 2 is 2.20 bits per heavy atom. The second-order valence-electron chi connectivity index (χ2n) is 4.95. The number of halogens is 2. The van der Waals surface area contributed by atoms with Gasteiger partial charge in [-0.25, -0.2) is 4.39 Å². The van der Waals surface area contributed by atoms with E-state index >= 15 is 0 Å². The summed E-state index contributed by atoms with van der Waals surface area (Å²) in [5.41, 5.74) is 0.240. The first-order valence-electron chi connectivity index (χ1n) is 6.35. The zero-order chi connectivity index (χ0) is 14.9. The molecule has 1 aromatic rings. The van der Waals surface area contributed by atoms with Gasteiger partial charge in [-0.3, -0.25) is 9.59 Å². The zero-order valence-corrected chi connectivity index (χ0v) is 12.6. The minimum absolute atomic E-state index is 0.155. The number of aliphatic carboxylic acids is 1. The molecule has 2 unspecified atom stereocenters. The molecule has 1 aliphatic rings. The van der Waals surface area contributed by atoms with Gasteiger partial charge in [-0.2, -0.15) is 0 Å². The molecule has 0 bridgehead atoms. The smallest absolute Gasteiger partial charge is 0.308 e. The predicted octanol–water partition coefficient (Wildman–Crippen LogP) is 2.97. The number of amides is 1. The van der Waals surface area contributed by atoms with Crippen molar-refractivity contribution in [2.24, 2.45) is 5.92 Å². The summed E-state index contributed by atoms with van der Waals surface area (Å²) in [7, 11) is 1.54. The van der Waals surface area contributed by atoms with Crippen LogP contribution in [-0.2, 0) is 9.59 Å². The number of hydrogen-bond acceptors (Lipinski definition) is 2. The quantitative estimate of drug-likeness (QED) is 0.897. The Kier molecular flexibility index (Phi) is 4.42.